The molecule has 3 aromatic rings. The maximum atomic E-state index is 13.7. The number of carbonyl (C=O) groups is 3. The number of benzene rings is 2. The maximum absolute atomic E-state index is 13.7. The number of halogens is 1. The van der Waals surface area contributed by atoms with Gasteiger partial charge in [-0.3, -0.25) is 9.59 Å². The van der Waals surface area contributed by atoms with Crippen LogP contribution in [-0.2, 0) is 9.53 Å². The van der Waals surface area contributed by atoms with Crippen LogP contribution in [0.15, 0.2) is 48.5 Å². The van der Waals surface area contributed by atoms with Crippen LogP contribution in [0.2, 0.25) is 0 Å². The Balaban J connectivity index is 1.65. The SMILES string of the molecule is CC(=O)c1ccc(NC(=O)[C@H](C)OC(=O)c2cc3c(F)cccc3s2)cc1. The van der Waals surface area contributed by atoms with Crippen LogP contribution in [0.4, 0.5) is 10.1 Å². The average Bonchev–Trinajstić information content (AvgIpc) is 3.08. The van der Waals surface area contributed by atoms with Crippen LogP contribution in [0.5, 0.6) is 0 Å². The molecule has 0 spiro atoms. The zero-order valence-electron chi connectivity index (χ0n) is 14.6. The lowest BCUT2D eigenvalue weighted by Crippen LogP contribution is -2.29. The maximum Gasteiger partial charge on any atom is 0.349 e. The van der Waals surface area contributed by atoms with Crippen molar-refractivity contribution in [1.82, 2.24) is 0 Å². The summed E-state index contributed by atoms with van der Waals surface area (Å²) in [5.74, 6) is -1.69. The third kappa shape index (κ3) is 4.20. The quantitative estimate of drug-likeness (QED) is 0.521. The molecule has 27 heavy (non-hydrogen) atoms. The fourth-order valence-electron chi connectivity index (χ4n) is 2.43. The molecule has 1 aromatic heterocycles. The van der Waals surface area contributed by atoms with Crippen molar-refractivity contribution in [3.05, 3.63) is 64.8 Å². The Morgan fingerprint density at radius 1 is 1.11 bits per heavy atom. The summed E-state index contributed by atoms with van der Waals surface area (Å²) in [6.45, 7) is 2.90. The number of ether oxygens (including phenoxy) is 1. The standard InChI is InChI=1S/C20H16FNO4S/c1-11(23)13-6-8-14(9-7-13)22-19(24)12(2)26-20(25)18-10-15-16(21)4-3-5-17(15)27-18/h3-10,12H,1-2H3,(H,22,24)/t12-/m0/s1. The molecule has 5 nitrogen and oxygen atoms in total. The second-order valence-corrected chi connectivity index (χ2v) is 7.02. The monoisotopic (exact) mass is 385 g/mol. The molecule has 1 atom stereocenters. The Bertz CT molecular complexity index is 1030. The highest BCUT2D eigenvalue weighted by atomic mass is 32.1. The molecule has 2 aromatic carbocycles. The highest BCUT2D eigenvalue weighted by Gasteiger charge is 2.21. The van der Waals surface area contributed by atoms with Crippen molar-refractivity contribution >= 4 is 44.8 Å². The molecule has 1 amide bonds. The van der Waals surface area contributed by atoms with E-state index in [1.807, 2.05) is 0 Å². The lowest BCUT2D eigenvalue weighted by molar-refractivity contribution is -0.123. The van der Waals surface area contributed by atoms with E-state index in [0.29, 0.717) is 21.3 Å². The summed E-state index contributed by atoms with van der Waals surface area (Å²) >= 11 is 1.10. The third-order valence-corrected chi connectivity index (χ3v) is 5.00. The van der Waals surface area contributed by atoms with Crippen molar-refractivity contribution in [3.63, 3.8) is 0 Å². The van der Waals surface area contributed by atoms with Gasteiger partial charge in [-0.05, 0) is 56.3 Å². The summed E-state index contributed by atoms with van der Waals surface area (Å²) in [6.07, 6.45) is -1.04. The number of carbonyl (C=O) groups excluding carboxylic acids is 3. The average molecular weight is 385 g/mol. The highest BCUT2D eigenvalue weighted by molar-refractivity contribution is 7.20. The Hall–Kier alpha value is -3.06. The summed E-state index contributed by atoms with van der Waals surface area (Å²) in [4.78, 5) is 36.0. The topological polar surface area (TPSA) is 72.5 Å². The van der Waals surface area contributed by atoms with Gasteiger partial charge in [0.05, 0.1) is 0 Å². The van der Waals surface area contributed by atoms with Gasteiger partial charge in [0.15, 0.2) is 11.9 Å². The van der Waals surface area contributed by atoms with Gasteiger partial charge >= 0.3 is 5.97 Å². The van der Waals surface area contributed by atoms with Crippen molar-refractivity contribution in [3.8, 4) is 0 Å². The van der Waals surface area contributed by atoms with Crippen molar-refractivity contribution in [1.29, 1.82) is 0 Å². The number of amides is 1. The number of ketones is 1. The molecule has 0 aliphatic carbocycles. The molecule has 138 valence electrons. The number of Topliss-reactive ketones (excluding diaryl/α,β-unsaturated/α-hetero) is 1. The van der Waals surface area contributed by atoms with Gasteiger partial charge in [-0.25, -0.2) is 9.18 Å². The normalized spacial score (nSPS) is 11.8. The zero-order chi connectivity index (χ0) is 19.6. The number of rotatable bonds is 5. The third-order valence-electron chi connectivity index (χ3n) is 3.92. The summed E-state index contributed by atoms with van der Waals surface area (Å²) in [7, 11) is 0. The lowest BCUT2D eigenvalue weighted by atomic mass is 10.1. The molecular formula is C20H16FNO4S. The second kappa shape index (κ2) is 7.67. The molecule has 3 rings (SSSR count). The van der Waals surface area contributed by atoms with Crippen LogP contribution in [0.3, 0.4) is 0 Å². The van der Waals surface area contributed by atoms with Crippen molar-refractivity contribution in [2.75, 3.05) is 5.32 Å². The van der Waals surface area contributed by atoms with Crippen LogP contribution < -0.4 is 5.32 Å². The number of esters is 1. The Labute approximate surface area is 158 Å². The fraction of sp³-hybridized carbons (Fsp3) is 0.150. The van der Waals surface area contributed by atoms with Crippen LogP contribution in [0, 0.1) is 5.82 Å². The minimum absolute atomic E-state index is 0.0741. The molecule has 0 bridgehead atoms. The minimum atomic E-state index is -1.04. The van der Waals surface area contributed by atoms with Crippen LogP contribution in [0.1, 0.15) is 33.9 Å². The van der Waals surface area contributed by atoms with Gasteiger partial charge in [-0.2, -0.15) is 0 Å². The minimum Gasteiger partial charge on any atom is -0.448 e. The molecule has 0 saturated heterocycles. The lowest BCUT2D eigenvalue weighted by Gasteiger charge is -2.13. The van der Waals surface area contributed by atoms with Gasteiger partial charge < -0.3 is 10.1 Å². The van der Waals surface area contributed by atoms with Gasteiger partial charge in [0, 0.05) is 21.3 Å². The largest absolute Gasteiger partial charge is 0.448 e. The van der Waals surface area contributed by atoms with Crippen LogP contribution in [-0.4, -0.2) is 23.8 Å². The molecule has 1 heterocycles. The molecule has 0 radical (unpaired) electrons. The molecule has 0 aliphatic heterocycles. The summed E-state index contributed by atoms with van der Waals surface area (Å²) in [5, 5.41) is 2.96. The fourth-order valence-corrected chi connectivity index (χ4v) is 3.39. The van der Waals surface area contributed by atoms with Gasteiger partial charge in [-0.1, -0.05) is 6.07 Å². The first-order chi connectivity index (χ1) is 12.8. The van der Waals surface area contributed by atoms with Gasteiger partial charge in [0.25, 0.3) is 5.91 Å². The summed E-state index contributed by atoms with van der Waals surface area (Å²) in [5.41, 5.74) is 1.02. The van der Waals surface area contributed by atoms with Crippen LogP contribution >= 0.6 is 11.3 Å². The zero-order valence-corrected chi connectivity index (χ0v) is 15.4. The predicted octanol–water partition coefficient (Wildman–Crippen LogP) is 4.43. The molecular weight excluding hydrogens is 369 g/mol. The molecule has 0 aliphatic rings. The van der Waals surface area contributed by atoms with E-state index in [2.05, 4.69) is 5.32 Å². The smallest absolute Gasteiger partial charge is 0.349 e. The van der Waals surface area contributed by atoms with Crippen molar-refractivity contribution in [2.24, 2.45) is 0 Å². The van der Waals surface area contributed by atoms with Gasteiger partial charge in [-0.15, -0.1) is 11.3 Å². The van der Waals surface area contributed by atoms with E-state index >= 15 is 0 Å². The molecule has 0 unspecified atom stereocenters. The van der Waals surface area contributed by atoms with E-state index in [4.69, 9.17) is 4.74 Å². The van der Waals surface area contributed by atoms with E-state index < -0.39 is 23.8 Å². The summed E-state index contributed by atoms with van der Waals surface area (Å²) in [6, 6.07) is 12.4. The van der Waals surface area contributed by atoms with Crippen molar-refractivity contribution in [2.45, 2.75) is 20.0 Å². The number of fused-ring (bicyclic) bond motifs is 1. The molecule has 0 fully saturated rings. The van der Waals surface area contributed by atoms with Gasteiger partial charge in [0.1, 0.15) is 10.7 Å². The van der Waals surface area contributed by atoms with Crippen LogP contribution in [0.25, 0.3) is 10.1 Å². The predicted molar refractivity (Wildman–Crippen MR) is 102 cm³/mol. The van der Waals surface area contributed by atoms with E-state index in [0.717, 1.165) is 11.3 Å². The molecule has 7 heteroatoms. The Morgan fingerprint density at radius 2 is 1.81 bits per heavy atom. The number of nitrogens with one attached hydrogen (secondary N) is 1. The van der Waals surface area contributed by atoms with Crippen molar-refractivity contribution < 1.29 is 23.5 Å². The van der Waals surface area contributed by atoms with Gasteiger partial charge in [0.2, 0.25) is 0 Å². The number of hydrogen-bond acceptors (Lipinski definition) is 5. The van der Waals surface area contributed by atoms with E-state index in [1.165, 1.54) is 26.0 Å². The Kier molecular flexibility index (Phi) is 5.32. The summed E-state index contributed by atoms with van der Waals surface area (Å²) < 4.78 is 19.6. The second-order valence-electron chi connectivity index (χ2n) is 5.93. The number of hydrogen-bond donors (Lipinski definition) is 1. The van der Waals surface area contributed by atoms with E-state index in [9.17, 15) is 18.8 Å². The number of anilines is 1. The Morgan fingerprint density at radius 3 is 2.44 bits per heavy atom. The molecule has 1 N–H and O–H groups in total. The van der Waals surface area contributed by atoms with E-state index in [-0.39, 0.29) is 10.7 Å². The molecule has 0 saturated carbocycles. The first kappa shape index (κ1) is 18.7. The highest BCUT2D eigenvalue weighted by Crippen LogP contribution is 2.28. The first-order valence-corrected chi connectivity index (χ1v) is 8.97. The number of thiophene rings is 1. The van der Waals surface area contributed by atoms with E-state index in [1.54, 1.807) is 36.4 Å². The first-order valence-electron chi connectivity index (χ1n) is 8.16.